The third-order valence-electron chi connectivity index (χ3n) is 2.91. The van der Waals surface area contributed by atoms with Crippen molar-refractivity contribution in [3.05, 3.63) is 57.2 Å². The number of halogens is 1. The molecular formula is C14H16ClNS. The predicted octanol–water partition coefficient (Wildman–Crippen LogP) is 4.08. The van der Waals surface area contributed by atoms with Gasteiger partial charge in [-0.25, -0.2) is 0 Å². The van der Waals surface area contributed by atoms with Crippen LogP contribution in [0.5, 0.6) is 0 Å². The average molecular weight is 266 g/mol. The topological polar surface area (TPSA) is 26.0 Å². The van der Waals surface area contributed by atoms with E-state index < -0.39 is 0 Å². The molecule has 2 unspecified atom stereocenters. The highest BCUT2D eigenvalue weighted by atomic mass is 35.5. The second-order valence-corrected chi connectivity index (χ2v) is 5.73. The van der Waals surface area contributed by atoms with Gasteiger partial charge in [-0.3, -0.25) is 0 Å². The molecule has 2 atom stereocenters. The molecule has 90 valence electrons. The third kappa shape index (κ3) is 3.32. The maximum Gasteiger partial charge on any atom is 0.0406 e. The first kappa shape index (κ1) is 12.6. The fraction of sp³-hybridized carbons (Fsp3) is 0.286. The molecule has 0 bridgehead atoms. The first-order valence-corrected chi connectivity index (χ1v) is 6.96. The van der Waals surface area contributed by atoms with Crippen molar-refractivity contribution in [2.24, 2.45) is 5.73 Å². The quantitative estimate of drug-likeness (QED) is 0.886. The zero-order valence-electron chi connectivity index (χ0n) is 9.77. The van der Waals surface area contributed by atoms with Crippen LogP contribution in [0.25, 0.3) is 0 Å². The molecule has 1 nitrogen and oxygen atoms in total. The molecule has 1 aromatic carbocycles. The van der Waals surface area contributed by atoms with E-state index in [-0.39, 0.29) is 6.04 Å². The molecule has 2 aromatic rings. The molecule has 0 saturated heterocycles. The smallest absolute Gasteiger partial charge is 0.0406 e. The minimum absolute atomic E-state index is 0.157. The minimum atomic E-state index is 0.157. The van der Waals surface area contributed by atoms with Crippen molar-refractivity contribution >= 4 is 22.9 Å². The highest BCUT2D eigenvalue weighted by molar-refractivity contribution is 7.10. The zero-order chi connectivity index (χ0) is 12.3. The Balaban J connectivity index is 2.16. The summed E-state index contributed by atoms with van der Waals surface area (Å²) in [6.07, 6.45) is 0.968. The Morgan fingerprint density at radius 1 is 1.24 bits per heavy atom. The molecule has 0 aliphatic heterocycles. The second-order valence-electron chi connectivity index (χ2n) is 4.31. The molecule has 0 fully saturated rings. The van der Waals surface area contributed by atoms with Crippen LogP contribution in [0.1, 0.15) is 23.3 Å². The third-order valence-corrected chi connectivity index (χ3v) is 4.17. The van der Waals surface area contributed by atoms with Gasteiger partial charge in [0, 0.05) is 21.9 Å². The second kappa shape index (κ2) is 5.67. The van der Waals surface area contributed by atoms with Crippen molar-refractivity contribution in [2.45, 2.75) is 25.3 Å². The van der Waals surface area contributed by atoms with Crippen LogP contribution in [0.2, 0.25) is 5.02 Å². The maximum absolute atomic E-state index is 6.09. The van der Waals surface area contributed by atoms with Crippen LogP contribution in [-0.2, 0) is 6.42 Å². The molecule has 1 aromatic heterocycles. The largest absolute Gasteiger partial charge is 0.327 e. The van der Waals surface area contributed by atoms with Crippen LogP contribution >= 0.6 is 22.9 Å². The van der Waals surface area contributed by atoms with E-state index >= 15 is 0 Å². The fourth-order valence-electron chi connectivity index (χ4n) is 1.92. The van der Waals surface area contributed by atoms with Gasteiger partial charge in [0.1, 0.15) is 0 Å². The van der Waals surface area contributed by atoms with Gasteiger partial charge < -0.3 is 5.73 Å². The van der Waals surface area contributed by atoms with Crippen LogP contribution in [-0.4, -0.2) is 6.04 Å². The molecule has 0 aliphatic rings. The first-order valence-electron chi connectivity index (χ1n) is 5.70. The molecule has 2 rings (SSSR count). The molecule has 0 saturated carbocycles. The summed E-state index contributed by atoms with van der Waals surface area (Å²) in [5, 5.41) is 2.88. The van der Waals surface area contributed by atoms with Crippen molar-refractivity contribution in [3.8, 4) is 0 Å². The van der Waals surface area contributed by atoms with Gasteiger partial charge in [0.15, 0.2) is 0 Å². The van der Waals surface area contributed by atoms with Crippen LogP contribution in [0, 0.1) is 0 Å². The summed E-state index contributed by atoms with van der Waals surface area (Å²) in [6.45, 7) is 2.07. The molecule has 0 spiro atoms. The summed E-state index contributed by atoms with van der Waals surface area (Å²) in [5.41, 5.74) is 7.37. The maximum atomic E-state index is 6.09. The lowest BCUT2D eigenvalue weighted by molar-refractivity contribution is 0.573. The van der Waals surface area contributed by atoms with Crippen molar-refractivity contribution in [3.63, 3.8) is 0 Å². The lowest BCUT2D eigenvalue weighted by Gasteiger charge is -2.19. The van der Waals surface area contributed by atoms with Crippen molar-refractivity contribution < 1.29 is 0 Å². The van der Waals surface area contributed by atoms with Gasteiger partial charge >= 0.3 is 0 Å². The highest BCUT2D eigenvalue weighted by Gasteiger charge is 2.17. The zero-order valence-corrected chi connectivity index (χ0v) is 11.3. The van der Waals surface area contributed by atoms with Crippen LogP contribution in [0.15, 0.2) is 41.8 Å². The molecule has 3 heteroatoms. The van der Waals surface area contributed by atoms with Crippen molar-refractivity contribution in [2.75, 3.05) is 0 Å². The summed E-state index contributed by atoms with van der Waals surface area (Å²) < 4.78 is 0. The Hall–Kier alpha value is -0.830. The summed E-state index contributed by atoms with van der Waals surface area (Å²) in [6, 6.07) is 12.4. The Labute approximate surface area is 111 Å². The fourth-order valence-corrected chi connectivity index (χ4v) is 2.99. The SMILES string of the molecule is CC(N)C(Cc1ccc(Cl)cc1)c1cccs1. The number of rotatable bonds is 4. The van der Waals surface area contributed by atoms with Crippen LogP contribution < -0.4 is 5.73 Å². The number of benzene rings is 1. The molecule has 17 heavy (non-hydrogen) atoms. The number of thiophene rings is 1. The highest BCUT2D eigenvalue weighted by Crippen LogP contribution is 2.27. The minimum Gasteiger partial charge on any atom is -0.327 e. The van der Waals surface area contributed by atoms with Crippen molar-refractivity contribution in [1.29, 1.82) is 0 Å². The lowest BCUT2D eigenvalue weighted by Crippen LogP contribution is -2.25. The monoisotopic (exact) mass is 265 g/mol. The van der Waals surface area contributed by atoms with Gasteiger partial charge in [-0.1, -0.05) is 29.8 Å². The normalized spacial score (nSPS) is 14.5. The summed E-state index contributed by atoms with van der Waals surface area (Å²) in [4.78, 5) is 1.36. The molecule has 0 radical (unpaired) electrons. The predicted molar refractivity (Wildman–Crippen MR) is 75.9 cm³/mol. The molecule has 0 aliphatic carbocycles. The van der Waals surface area contributed by atoms with Gasteiger partial charge in [0.25, 0.3) is 0 Å². The van der Waals surface area contributed by atoms with E-state index in [0.717, 1.165) is 11.4 Å². The Morgan fingerprint density at radius 2 is 1.94 bits per heavy atom. The van der Waals surface area contributed by atoms with Gasteiger partial charge in [0.05, 0.1) is 0 Å². The van der Waals surface area contributed by atoms with Crippen molar-refractivity contribution in [1.82, 2.24) is 0 Å². The Kier molecular flexibility index (Phi) is 4.21. The van der Waals surface area contributed by atoms with E-state index in [1.807, 2.05) is 12.1 Å². The number of hydrogen-bond donors (Lipinski definition) is 1. The van der Waals surface area contributed by atoms with Gasteiger partial charge in [-0.05, 0) is 42.5 Å². The first-order chi connectivity index (χ1) is 8.16. The van der Waals surface area contributed by atoms with E-state index in [2.05, 4.69) is 36.6 Å². The van der Waals surface area contributed by atoms with Crippen LogP contribution in [0.3, 0.4) is 0 Å². The Morgan fingerprint density at radius 3 is 2.47 bits per heavy atom. The van der Waals surface area contributed by atoms with Gasteiger partial charge in [-0.15, -0.1) is 11.3 Å². The van der Waals surface area contributed by atoms with E-state index in [0.29, 0.717) is 5.92 Å². The average Bonchev–Trinajstić information content (AvgIpc) is 2.81. The van der Waals surface area contributed by atoms with Gasteiger partial charge in [0.2, 0.25) is 0 Å². The van der Waals surface area contributed by atoms with E-state index in [4.69, 9.17) is 17.3 Å². The molecule has 2 N–H and O–H groups in total. The van der Waals surface area contributed by atoms with E-state index in [1.54, 1.807) is 11.3 Å². The Bertz CT molecular complexity index is 448. The van der Waals surface area contributed by atoms with Gasteiger partial charge in [-0.2, -0.15) is 0 Å². The number of nitrogens with two attached hydrogens (primary N) is 1. The summed E-state index contributed by atoms with van der Waals surface area (Å²) in [5.74, 6) is 0.385. The molecular weight excluding hydrogens is 250 g/mol. The molecule has 1 heterocycles. The summed E-state index contributed by atoms with van der Waals surface area (Å²) in [7, 11) is 0. The lowest BCUT2D eigenvalue weighted by atomic mass is 9.92. The van der Waals surface area contributed by atoms with E-state index in [9.17, 15) is 0 Å². The van der Waals surface area contributed by atoms with E-state index in [1.165, 1.54) is 10.4 Å². The standard InChI is InChI=1S/C14H16ClNS/c1-10(16)13(14-3-2-8-17-14)9-11-4-6-12(15)7-5-11/h2-8,10,13H,9,16H2,1H3. The summed E-state index contributed by atoms with van der Waals surface area (Å²) >= 11 is 7.66. The molecule has 0 amide bonds. The van der Waals surface area contributed by atoms with Crippen LogP contribution in [0.4, 0.5) is 0 Å². The number of hydrogen-bond acceptors (Lipinski definition) is 2.